The Labute approximate surface area is 153 Å². The lowest BCUT2D eigenvalue weighted by Crippen LogP contribution is -2.48. The van der Waals surface area contributed by atoms with Crippen LogP contribution in [0.1, 0.15) is 30.1 Å². The quantitative estimate of drug-likeness (QED) is 0.614. The number of nitrogens with one attached hydrogen (secondary N) is 2. The molecule has 1 aromatic rings. The monoisotopic (exact) mass is 368 g/mol. The summed E-state index contributed by atoms with van der Waals surface area (Å²) < 4.78 is 0. The molecule has 0 bridgehead atoms. The third-order valence-electron chi connectivity index (χ3n) is 4.85. The maximum absolute atomic E-state index is 12.2. The van der Waals surface area contributed by atoms with Crippen LogP contribution in [0.4, 0.5) is 11.4 Å². The number of halogens is 1. The molecular weight excluding hydrogens is 344 g/mol. The molecule has 138 valence electrons. The molecule has 2 aliphatic rings. The van der Waals surface area contributed by atoms with Crippen LogP contribution in [0.25, 0.3) is 0 Å². The maximum atomic E-state index is 12.2. The number of nitro benzene ring substituents is 1. The molecule has 2 N–H and O–H groups in total. The number of hydrogen-bond donors (Lipinski definition) is 2. The minimum Gasteiger partial charge on any atom is -0.366 e. The number of benzene rings is 1. The molecule has 2 aliphatic heterocycles. The fourth-order valence-corrected chi connectivity index (χ4v) is 3.32. The van der Waals surface area contributed by atoms with Gasteiger partial charge in [-0.1, -0.05) is 6.92 Å². The highest BCUT2D eigenvalue weighted by Crippen LogP contribution is 2.32. The minimum atomic E-state index is -0.388. The smallest absolute Gasteiger partial charge is 0.293 e. The molecule has 8 heteroatoms. The summed E-state index contributed by atoms with van der Waals surface area (Å²) in [5.74, 6) is 0.735. The first-order valence-electron chi connectivity index (χ1n) is 8.57. The van der Waals surface area contributed by atoms with E-state index in [0.717, 1.165) is 39.0 Å². The number of amides is 1. The Kier molecular flexibility index (Phi) is 6.61. The van der Waals surface area contributed by atoms with Crippen molar-refractivity contribution in [3.05, 3.63) is 33.9 Å². The third kappa shape index (κ3) is 4.61. The highest BCUT2D eigenvalue weighted by atomic mass is 35.5. The van der Waals surface area contributed by atoms with Crippen molar-refractivity contribution in [2.45, 2.75) is 19.8 Å². The fraction of sp³-hybridized carbons (Fsp3) is 0.588. The molecule has 1 amide bonds. The summed E-state index contributed by atoms with van der Waals surface area (Å²) in [6, 6.07) is 4.81. The lowest BCUT2D eigenvalue weighted by Gasteiger charge is -2.32. The van der Waals surface area contributed by atoms with Crippen molar-refractivity contribution in [1.29, 1.82) is 0 Å². The van der Waals surface area contributed by atoms with E-state index in [4.69, 9.17) is 0 Å². The van der Waals surface area contributed by atoms with Gasteiger partial charge >= 0.3 is 0 Å². The Morgan fingerprint density at radius 3 is 2.80 bits per heavy atom. The van der Waals surface area contributed by atoms with Gasteiger partial charge in [-0.05, 0) is 30.9 Å². The summed E-state index contributed by atoms with van der Waals surface area (Å²) in [5, 5.41) is 17.5. The molecule has 2 fully saturated rings. The average Bonchev–Trinajstić information content (AvgIpc) is 2.52. The van der Waals surface area contributed by atoms with Gasteiger partial charge < -0.3 is 15.5 Å². The Hall–Kier alpha value is -1.86. The SMILES string of the molecule is CC1CCCN(c2ccc(C(=O)NCC3CNC3)cc2[N+](=O)[O-])C1.Cl. The number of piperidine rings is 1. The van der Waals surface area contributed by atoms with Crippen LogP contribution in [-0.4, -0.2) is 43.6 Å². The van der Waals surface area contributed by atoms with Crippen molar-refractivity contribution in [3.63, 3.8) is 0 Å². The standard InChI is InChI=1S/C17H24N4O3.ClH/c1-12-3-2-6-20(11-12)15-5-4-14(7-16(15)21(23)24)17(22)19-10-13-8-18-9-13;/h4-5,7,12-13,18H,2-3,6,8-11H2,1H3,(H,19,22);1H. The van der Waals surface area contributed by atoms with Crippen molar-refractivity contribution < 1.29 is 9.72 Å². The molecule has 3 rings (SSSR count). The molecule has 7 nitrogen and oxygen atoms in total. The second kappa shape index (κ2) is 8.49. The van der Waals surface area contributed by atoms with E-state index in [1.165, 1.54) is 6.07 Å². The molecule has 0 radical (unpaired) electrons. The van der Waals surface area contributed by atoms with Gasteiger partial charge in [0.15, 0.2) is 0 Å². The zero-order valence-electron chi connectivity index (χ0n) is 14.4. The summed E-state index contributed by atoms with van der Waals surface area (Å²) in [6.45, 7) is 6.23. The largest absolute Gasteiger partial charge is 0.366 e. The van der Waals surface area contributed by atoms with Crippen LogP contribution in [0.5, 0.6) is 0 Å². The molecule has 25 heavy (non-hydrogen) atoms. The van der Waals surface area contributed by atoms with Gasteiger partial charge in [0.05, 0.1) is 4.92 Å². The Morgan fingerprint density at radius 2 is 2.20 bits per heavy atom. The molecule has 2 saturated heterocycles. The summed E-state index contributed by atoms with van der Waals surface area (Å²) >= 11 is 0. The second-order valence-electron chi connectivity index (χ2n) is 6.89. The van der Waals surface area contributed by atoms with Crippen LogP contribution in [0.3, 0.4) is 0 Å². The first-order valence-corrected chi connectivity index (χ1v) is 8.57. The Balaban J connectivity index is 0.00000225. The van der Waals surface area contributed by atoms with Crippen LogP contribution in [0.15, 0.2) is 18.2 Å². The average molecular weight is 369 g/mol. The molecule has 0 saturated carbocycles. The lowest BCUT2D eigenvalue weighted by atomic mass is 9.99. The molecule has 0 aliphatic carbocycles. The number of hydrogen-bond acceptors (Lipinski definition) is 5. The molecule has 2 heterocycles. The first kappa shape index (κ1) is 19.5. The van der Waals surface area contributed by atoms with Crippen LogP contribution in [-0.2, 0) is 0 Å². The molecule has 1 atom stereocenters. The van der Waals surface area contributed by atoms with Gasteiger partial charge in [-0.3, -0.25) is 14.9 Å². The van der Waals surface area contributed by atoms with E-state index >= 15 is 0 Å². The van der Waals surface area contributed by atoms with Gasteiger partial charge in [-0.25, -0.2) is 0 Å². The fourth-order valence-electron chi connectivity index (χ4n) is 3.32. The predicted molar refractivity (Wildman–Crippen MR) is 99.6 cm³/mol. The predicted octanol–water partition coefficient (Wildman–Crippen LogP) is 2.20. The first-order chi connectivity index (χ1) is 11.5. The van der Waals surface area contributed by atoms with Crippen LogP contribution in [0, 0.1) is 22.0 Å². The zero-order valence-corrected chi connectivity index (χ0v) is 15.2. The topological polar surface area (TPSA) is 87.5 Å². The zero-order chi connectivity index (χ0) is 17.1. The van der Waals surface area contributed by atoms with Gasteiger partial charge in [0.25, 0.3) is 11.6 Å². The summed E-state index contributed by atoms with van der Waals surface area (Å²) in [7, 11) is 0. The van der Waals surface area contributed by atoms with Crippen LogP contribution >= 0.6 is 12.4 Å². The number of nitrogens with zero attached hydrogens (tertiary/aromatic N) is 2. The van der Waals surface area contributed by atoms with Crippen molar-refractivity contribution in [3.8, 4) is 0 Å². The van der Waals surface area contributed by atoms with Crippen LogP contribution < -0.4 is 15.5 Å². The van der Waals surface area contributed by atoms with Crippen LogP contribution in [0.2, 0.25) is 0 Å². The summed E-state index contributed by atoms with van der Waals surface area (Å²) in [6.07, 6.45) is 2.19. The normalized spacial score (nSPS) is 20.4. The maximum Gasteiger partial charge on any atom is 0.293 e. The molecule has 1 unspecified atom stereocenters. The third-order valence-corrected chi connectivity index (χ3v) is 4.85. The van der Waals surface area contributed by atoms with E-state index in [-0.39, 0.29) is 28.9 Å². The minimum absolute atomic E-state index is 0. The Bertz CT molecular complexity index is 636. The van der Waals surface area contributed by atoms with Gasteiger partial charge in [0, 0.05) is 50.3 Å². The number of anilines is 1. The van der Waals surface area contributed by atoms with E-state index in [2.05, 4.69) is 22.5 Å². The molecule has 0 aromatic heterocycles. The molecule has 0 spiro atoms. The number of carbonyl (C=O) groups excluding carboxylic acids is 1. The van der Waals surface area contributed by atoms with E-state index in [9.17, 15) is 14.9 Å². The number of nitro groups is 1. The van der Waals surface area contributed by atoms with Gasteiger partial charge in [0.1, 0.15) is 5.69 Å². The van der Waals surface area contributed by atoms with Crippen molar-refractivity contribution in [2.24, 2.45) is 11.8 Å². The summed E-state index contributed by atoms with van der Waals surface area (Å²) in [4.78, 5) is 25.4. The second-order valence-corrected chi connectivity index (χ2v) is 6.89. The Morgan fingerprint density at radius 1 is 1.44 bits per heavy atom. The highest BCUT2D eigenvalue weighted by Gasteiger charge is 2.25. The van der Waals surface area contributed by atoms with Crippen molar-refractivity contribution in [1.82, 2.24) is 10.6 Å². The van der Waals surface area contributed by atoms with Gasteiger partial charge in [0.2, 0.25) is 0 Å². The summed E-state index contributed by atoms with van der Waals surface area (Å²) in [5.41, 5.74) is 0.983. The highest BCUT2D eigenvalue weighted by molar-refractivity contribution is 5.95. The lowest BCUT2D eigenvalue weighted by molar-refractivity contribution is -0.384. The van der Waals surface area contributed by atoms with E-state index in [0.29, 0.717) is 29.6 Å². The van der Waals surface area contributed by atoms with E-state index in [1.807, 2.05) is 0 Å². The van der Waals surface area contributed by atoms with Gasteiger partial charge in [-0.2, -0.15) is 0 Å². The molecule has 1 aromatic carbocycles. The van der Waals surface area contributed by atoms with Crippen molar-refractivity contribution >= 4 is 29.7 Å². The number of carbonyl (C=O) groups is 1. The van der Waals surface area contributed by atoms with E-state index < -0.39 is 0 Å². The molecular formula is C17H25ClN4O3. The van der Waals surface area contributed by atoms with E-state index in [1.54, 1.807) is 12.1 Å². The number of rotatable bonds is 5. The van der Waals surface area contributed by atoms with Crippen molar-refractivity contribution in [2.75, 3.05) is 37.6 Å². The van der Waals surface area contributed by atoms with Gasteiger partial charge in [-0.15, -0.1) is 12.4 Å².